The molecule has 3 rings (SSSR count). The number of nitrogens with two attached hydrogens (primary N) is 1. The van der Waals surface area contributed by atoms with E-state index in [4.69, 9.17) is 33.7 Å². The maximum Gasteiger partial charge on any atom is 0.220 e. The number of piperidine rings is 1. The highest BCUT2D eigenvalue weighted by molar-refractivity contribution is 6.42. The number of amides is 1. The van der Waals surface area contributed by atoms with Gasteiger partial charge in [0.1, 0.15) is 16.9 Å². The van der Waals surface area contributed by atoms with Crippen LogP contribution in [0, 0.1) is 11.8 Å². The number of rotatable bonds is 6. The van der Waals surface area contributed by atoms with E-state index in [0.717, 1.165) is 64.1 Å². The van der Waals surface area contributed by atoms with Crippen LogP contribution < -0.4 is 10.5 Å². The molecule has 1 aliphatic heterocycles. The molecule has 0 unspecified atom stereocenters. The summed E-state index contributed by atoms with van der Waals surface area (Å²) in [7, 11) is 0. The minimum absolute atomic E-state index is 0.109. The van der Waals surface area contributed by atoms with E-state index >= 15 is 0 Å². The summed E-state index contributed by atoms with van der Waals surface area (Å²) in [5.74, 6) is 1.41. The van der Waals surface area contributed by atoms with E-state index in [1.807, 2.05) is 12.1 Å². The van der Waals surface area contributed by atoms with Crippen molar-refractivity contribution in [3.8, 4) is 5.75 Å². The lowest BCUT2D eigenvalue weighted by atomic mass is 9.80. The molecule has 1 amide bonds. The number of halogens is 2. The van der Waals surface area contributed by atoms with Crippen molar-refractivity contribution in [2.45, 2.75) is 51.0 Å². The largest absolute Gasteiger partial charge is 0.489 e. The minimum atomic E-state index is -0.120. The number of ether oxygens (including phenoxy) is 1. The summed E-state index contributed by atoms with van der Waals surface area (Å²) in [5, 5.41) is 1.04. The third kappa shape index (κ3) is 5.28. The van der Waals surface area contributed by atoms with E-state index in [1.54, 1.807) is 6.07 Å². The summed E-state index contributed by atoms with van der Waals surface area (Å²) in [5.41, 5.74) is 5.41. The summed E-state index contributed by atoms with van der Waals surface area (Å²) in [6, 6.07) is 5.52. The highest BCUT2D eigenvalue weighted by Gasteiger charge is 2.26. The summed E-state index contributed by atoms with van der Waals surface area (Å²) < 4.78 is 6.06. The van der Waals surface area contributed by atoms with Gasteiger partial charge in [0.2, 0.25) is 5.91 Å². The molecule has 26 heavy (non-hydrogen) atoms. The average molecular weight is 399 g/mol. The van der Waals surface area contributed by atoms with Gasteiger partial charge in [0.15, 0.2) is 0 Å². The Labute approximate surface area is 166 Å². The normalized spacial score (nSPS) is 25.2. The van der Waals surface area contributed by atoms with Gasteiger partial charge in [0.05, 0.1) is 5.02 Å². The van der Waals surface area contributed by atoms with Crippen molar-refractivity contribution in [1.82, 2.24) is 4.90 Å². The number of hydrogen-bond acceptors (Lipinski definition) is 3. The molecule has 144 valence electrons. The molecule has 1 saturated heterocycles. The van der Waals surface area contributed by atoms with Crippen LogP contribution >= 0.6 is 23.2 Å². The third-order valence-electron chi connectivity index (χ3n) is 5.85. The number of likely N-dealkylation sites (tertiary alicyclic amines) is 1. The summed E-state index contributed by atoms with van der Waals surface area (Å²) in [6.45, 7) is 3.25. The van der Waals surface area contributed by atoms with Crippen molar-refractivity contribution in [3.63, 3.8) is 0 Å². The number of benzene rings is 1. The fourth-order valence-corrected chi connectivity index (χ4v) is 4.44. The van der Waals surface area contributed by atoms with Crippen LogP contribution in [0.5, 0.6) is 5.75 Å². The van der Waals surface area contributed by atoms with Crippen LogP contribution in [0.1, 0.15) is 44.9 Å². The first kappa shape index (κ1) is 19.8. The van der Waals surface area contributed by atoms with Gasteiger partial charge in [0.25, 0.3) is 0 Å². The number of carbonyl (C=O) groups excluding carboxylic acids is 1. The average Bonchev–Trinajstić information content (AvgIpc) is 2.65. The molecule has 2 aliphatic rings. The smallest absolute Gasteiger partial charge is 0.220 e. The molecule has 0 spiro atoms. The molecule has 1 heterocycles. The van der Waals surface area contributed by atoms with Crippen molar-refractivity contribution >= 4 is 29.1 Å². The molecule has 0 radical (unpaired) electrons. The molecular formula is C20H28Cl2N2O2. The second kappa shape index (κ2) is 9.29. The SMILES string of the molecule is NC(=O)C1CCC(CCN2CCC(Oc3cccc(Cl)c3Cl)CC2)CC1. The first-order valence-corrected chi connectivity index (χ1v) is 10.4. The maximum absolute atomic E-state index is 11.3. The predicted molar refractivity (Wildman–Crippen MR) is 106 cm³/mol. The Balaban J connectivity index is 1.36. The van der Waals surface area contributed by atoms with Crippen molar-refractivity contribution in [2.75, 3.05) is 19.6 Å². The molecule has 4 nitrogen and oxygen atoms in total. The van der Waals surface area contributed by atoms with E-state index in [-0.39, 0.29) is 17.9 Å². The maximum atomic E-state index is 11.3. The third-order valence-corrected chi connectivity index (χ3v) is 6.65. The number of nitrogens with zero attached hydrogens (tertiary/aromatic N) is 1. The topological polar surface area (TPSA) is 55.6 Å². The lowest BCUT2D eigenvalue weighted by molar-refractivity contribution is -0.123. The zero-order chi connectivity index (χ0) is 18.5. The molecule has 1 aromatic rings. The summed E-state index contributed by atoms with van der Waals surface area (Å²) in [4.78, 5) is 13.8. The Morgan fingerprint density at radius 2 is 1.81 bits per heavy atom. The zero-order valence-corrected chi connectivity index (χ0v) is 16.6. The molecule has 1 aliphatic carbocycles. The minimum Gasteiger partial charge on any atom is -0.489 e. The van der Waals surface area contributed by atoms with Crippen molar-refractivity contribution < 1.29 is 9.53 Å². The molecule has 1 saturated carbocycles. The fraction of sp³-hybridized carbons (Fsp3) is 0.650. The molecular weight excluding hydrogens is 371 g/mol. The van der Waals surface area contributed by atoms with Gasteiger partial charge < -0.3 is 15.4 Å². The van der Waals surface area contributed by atoms with Crippen molar-refractivity contribution in [2.24, 2.45) is 17.6 Å². The Kier molecular flexibility index (Phi) is 7.07. The van der Waals surface area contributed by atoms with E-state index in [1.165, 1.54) is 6.42 Å². The van der Waals surface area contributed by atoms with Crippen LogP contribution in [0.25, 0.3) is 0 Å². The first-order chi connectivity index (χ1) is 12.5. The lowest BCUT2D eigenvalue weighted by Crippen LogP contribution is -2.39. The molecule has 2 fully saturated rings. The molecule has 0 atom stereocenters. The van der Waals surface area contributed by atoms with Crippen LogP contribution in [0.3, 0.4) is 0 Å². The van der Waals surface area contributed by atoms with Crippen molar-refractivity contribution in [3.05, 3.63) is 28.2 Å². The highest BCUT2D eigenvalue weighted by Crippen LogP contribution is 2.34. The standard InChI is InChI=1S/C20H28Cl2N2O2/c21-17-2-1-3-18(19(17)22)26-16-9-12-24(13-10-16)11-8-14-4-6-15(7-5-14)20(23)25/h1-3,14-16H,4-13H2,(H2,23,25). The van der Waals surface area contributed by atoms with E-state index in [9.17, 15) is 4.79 Å². The second-order valence-corrected chi connectivity index (χ2v) is 8.40. The van der Waals surface area contributed by atoms with E-state index in [0.29, 0.717) is 15.8 Å². The van der Waals surface area contributed by atoms with Crippen LogP contribution in [0.2, 0.25) is 10.0 Å². The fourth-order valence-electron chi connectivity index (χ4n) is 4.11. The van der Waals surface area contributed by atoms with Crippen LogP contribution in [0.15, 0.2) is 18.2 Å². The highest BCUT2D eigenvalue weighted by atomic mass is 35.5. The van der Waals surface area contributed by atoms with Gasteiger partial charge in [-0.05, 0) is 69.5 Å². The van der Waals surface area contributed by atoms with Crippen molar-refractivity contribution in [1.29, 1.82) is 0 Å². The van der Waals surface area contributed by atoms with E-state index < -0.39 is 0 Å². The Morgan fingerprint density at radius 1 is 1.12 bits per heavy atom. The second-order valence-electron chi connectivity index (χ2n) is 7.62. The van der Waals surface area contributed by atoms with Gasteiger partial charge in [-0.15, -0.1) is 0 Å². The van der Waals surface area contributed by atoms with Crippen LogP contribution in [-0.2, 0) is 4.79 Å². The number of primary amides is 1. The van der Waals surface area contributed by atoms with Gasteiger partial charge in [-0.2, -0.15) is 0 Å². The Hall–Kier alpha value is -0.970. The monoisotopic (exact) mass is 398 g/mol. The molecule has 2 N–H and O–H groups in total. The van der Waals surface area contributed by atoms with Crippen LogP contribution in [0.4, 0.5) is 0 Å². The predicted octanol–water partition coefficient (Wildman–Crippen LogP) is 4.52. The molecule has 6 heteroatoms. The van der Waals surface area contributed by atoms with Crippen LogP contribution in [-0.4, -0.2) is 36.5 Å². The summed E-state index contributed by atoms with van der Waals surface area (Å²) in [6.07, 6.45) is 7.66. The quantitative estimate of drug-likeness (QED) is 0.765. The van der Waals surface area contributed by atoms with Gasteiger partial charge >= 0.3 is 0 Å². The molecule has 0 bridgehead atoms. The lowest BCUT2D eigenvalue weighted by Gasteiger charge is -2.34. The summed E-state index contributed by atoms with van der Waals surface area (Å²) >= 11 is 12.3. The van der Waals surface area contributed by atoms with Gasteiger partial charge in [-0.25, -0.2) is 0 Å². The molecule has 1 aromatic carbocycles. The molecule has 0 aromatic heterocycles. The van der Waals surface area contributed by atoms with Gasteiger partial charge in [0, 0.05) is 19.0 Å². The van der Waals surface area contributed by atoms with Gasteiger partial charge in [-0.3, -0.25) is 4.79 Å². The first-order valence-electron chi connectivity index (χ1n) is 9.65. The number of carbonyl (C=O) groups is 1. The Morgan fingerprint density at radius 3 is 2.46 bits per heavy atom. The van der Waals surface area contributed by atoms with Gasteiger partial charge in [-0.1, -0.05) is 29.3 Å². The zero-order valence-electron chi connectivity index (χ0n) is 15.1. The Bertz CT molecular complexity index is 610. The van der Waals surface area contributed by atoms with E-state index in [2.05, 4.69) is 4.90 Å². The number of hydrogen-bond donors (Lipinski definition) is 1.